The van der Waals surface area contributed by atoms with Crippen molar-refractivity contribution < 1.29 is 0 Å². The van der Waals surface area contributed by atoms with Crippen molar-refractivity contribution in [2.75, 3.05) is 19.6 Å². The second-order valence-electron chi connectivity index (χ2n) is 6.60. The minimum Gasteiger partial charge on any atom is -0.314 e. The molecule has 0 radical (unpaired) electrons. The second kappa shape index (κ2) is 6.52. The Labute approximate surface area is 135 Å². The third kappa shape index (κ3) is 2.98. The molecule has 4 heterocycles. The summed E-state index contributed by atoms with van der Waals surface area (Å²) in [5.74, 6) is 0.888. The Morgan fingerprint density at radius 3 is 2.91 bits per heavy atom. The van der Waals surface area contributed by atoms with Gasteiger partial charge in [-0.1, -0.05) is 0 Å². The number of likely N-dealkylation sites (tertiary alicyclic amines) is 1. The summed E-state index contributed by atoms with van der Waals surface area (Å²) in [5.41, 5.74) is 3.79. The molecule has 4 nitrogen and oxygen atoms in total. The van der Waals surface area contributed by atoms with Crippen LogP contribution in [0, 0.1) is 5.92 Å². The van der Waals surface area contributed by atoms with Crippen LogP contribution in [-0.2, 0) is 6.54 Å². The minimum absolute atomic E-state index is 0.789. The number of nitrogens with zero attached hydrogens (tertiary/aromatic N) is 2. The van der Waals surface area contributed by atoms with Gasteiger partial charge in [0.2, 0.25) is 0 Å². The molecule has 1 unspecified atom stereocenters. The smallest absolute Gasteiger partial charge is 0.0703 e. The van der Waals surface area contributed by atoms with E-state index in [0.717, 1.165) is 18.5 Å². The summed E-state index contributed by atoms with van der Waals surface area (Å²) in [6.07, 6.45) is 7.42. The van der Waals surface area contributed by atoms with Crippen molar-refractivity contribution in [1.29, 1.82) is 0 Å². The van der Waals surface area contributed by atoms with Gasteiger partial charge in [-0.3, -0.25) is 10.00 Å². The van der Waals surface area contributed by atoms with E-state index in [1.165, 1.54) is 62.1 Å². The predicted octanol–water partition coefficient (Wildman–Crippen LogP) is 3.10. The summed E-state index contributed by atoms with van der Waals surface area (Å²) >= 11 is 1.74. The summed E-state index contributed by atoms with van der Waals surface area (Å²) in [6, 6.07) is 2.96. The molecule has 0 bridgehead atoms. The fourth-order valence-electron chi connectivity index (χ4n) is 3.96. The standard InChI is InChI=1S/C17H24N4S/c1-2-16(18-6-1)13-3-7-21(8-4-13)11-15-10-19-20-17(15)14-5-9-22-12-14/h5,9-10,12-13,16,18H,1-4,6-8,11H2,(H,19,20). The van der Waals surface area contributed by atoms with Crippen molar-refractivity contribution in [1.82, 2.24) is 20.4 Å². The van der Waals surface area contributed by atoms with Crippen LogP contribution < -0.4 is 5.32 Å². The number of piperidine rings is 1. The fourth-order valence-corrected chi connectivity index (χ4v) is 4.60. The number of nitrogens with one attached hydrogen (secondary N) is 2. The monoisotopic (exact) mass is 316 g/mol. The van der Waals surface area contributed by atoms with Crippen molar-refractivity contribution in [3.8, 4) is 11.3 Å². The first-order valence-electron chi connectivity index (χ1n) is 8.41. The zero-order valence-corrected chi connectivity index (χ0v) is 13.7. The van der Waals surface area contributed by atoms with E-state index < -0.39 is 0 Å². The molecule has 2 saturated heterocycles. The van der Waals surface area contributed by atoms with Crippen molar-refractivity contribution >= 4 is 11.3 Å². The van der Waals surface area contributed by atoms with Crippen LogP contribution in [0.3, 0.4) is 0 Å². The predicted molar refractivity (Wildman–Crippen MR) is 90.9 cm³/mol. The molecule has 5 heteroatoms. The molecule has 118 valence electrons. The first-order chi connectivity index (χ1) is 10.9. The largest absolute Gasteiger partial charge is 0.314 e. The van der Waals surface area contributed by atoms with Gasteiger partial charge in [-0.05, 0) is 62.7 Å². The number of aromatic amines is 1. The Bertz CT molecular complexity index is 578. The average molecular weight is 316 g/mol. The van der Waals surface area contributed by atoms with E-state index in [-0.39, 0.29) is 0 Å². The topological polar surface area (TPSA) is 44.0 Å². The fraction of sp³-hybridized carbons (Fsp3) is 0.588. The van der Waals surface area contributed by atoms with E-state index in [2.05, 4.69) is 37.2 Å². The van der Waals surface area contributed by atoms with E-state index in [9.17, 15) is 0 Å². The maximum absolute atomic E-state index is 4.26. The van der Waals surface area contributed by atoms with Crippen LogP contribution in [-0.4, -0.2) is 40.8 Å². The summed E-state index contributed by atoms with van der Waals surface area (Å²) in [7, 11) is 0. The van der Waals surface area contributed by atoms with Crippen molar-refractivity contribution in [3.63, 3.8) is 0 Å². The number of H-pyrrole nitrogens is 1. The highest BCUT2D eigenvalue weighted by Crippen LogP contribution is 2.28. The number of aromatic nitrogens is 2. The molecule has 0 spiro atoms. The molecule has 2 aliphatic rings. The van der Waals surface area contributed by atoms with Gasteiger partial charge in [0.05, 0.1) is 11.9 Å². The van der Waals surface area contributed by atoms with Gasteiger partial charge in [0.1, 0.15) is 0 Å². The van der Waals surface area contributed by atoms with Crippen molar-refractivity contribution in [3.05, 3.63) is 28.6 Å². The maximum atomic E-state index is 4.26. The van der Waals surface area contributed by atoms with Crippen LogP contribution in [0.25, 0.3) is 11.3 Å². The van der Waals surface area contributed by atoms with Crippen molar-refractivity contribution in [2.45, 2.75) is 38.3 Å². The van der Waals surface area contributed by atoms with Gasteiger partial charge in [0.25, 0.3) is 0 Å². The number of hydrogen-bond donors (Lipinski definition) is 2. The van der Waals surface area contributed by atoms with Crippen molar-refractivity contribution in [2.24, 2.45) is 5.92 Å². The zero-order chi connectivity index (χ0) is 14.8. The summed E-state index contributed by atoms with van der Waals surface area (Å²) in [6.45, 7) is 4.69. The Morgan fingerprint density at radius 2 is 2.18 bits per heavy atom. The molecular formula is C17H24N4S. The highest BCUT2D eigenvalue weighted by Gasteiger charge is 2.28. The number of rotatable bonds is 4. The van der Waals surface area contributed by atoms with Crippen LogP contribution in [0.1, 0.15) is 31.2 Å². The first-order valence-corrected chi connectivity index (χ1v) is 9.35. The SMILES string of the molecule is c1cc(-c2[nH]ncc2CN2CCC(C3CCCN3)CC2)cs1. The molecule has 22 heavy (non-hydrogen) atoms. The quantitative estimate of drug-likeness (QED) is 0.911. The summed E-state index contributed by atoms with van der Waals surface area (Å²) in [4.78, 5) is 2.59. The molecule has 2 N–H and O–H groups in total. The maximum Gasteiger partial charge on any atom is 0.0703 e. The third-order valence-corrected chi connectivity index (χ3v) is 5.90. The van der Waals surface area contributed by atoms with Crippen LogP contribution in [0.4, 0.5) is 0 Å². The van der Waals surface area contributed by atoms with Crippen LogP contribution >= 0.6 is 11.3 Å². The lowest BCUT2D eigenvalue weighted by atomic mass is 9.88. The van der Waals surface area contributed by atoms with E-state index in [1.54, 1.807) is 11.3 Å². The molecule has 4 rings (SSSR count). The normalized spacial score (nSPS) is 24.1. The number of thiophene rings is 1. The van der Waals surface area contributed by atoms with Crippen LogP contribution in [0.2, 0.25) is 0 Å². The second-order valence-corrected chi connectivity index (χ2v) is 7.38. The average Bonchev–Trinajstić information content (AvgIpc) is 3.30. The van der Waals surface area contributed by atoms with Gasteiger partial charge >= 0.3 is 0 Å². The Kier molecular flexibility index (Phi) is 4.28. The zero-order valence-electron chi connectivity index (χ0n) is 12.9. The van der Waals surface area contributed by atoms with Gasteiger partial charge in [0, 0.05) is 29.1 Å². The summed E-state index contributed by atoms with van der Waals surface area (Å²) in [5, 5.41) is 15.4. The lowest BCUT2D eigenvalue weighted by Crippen LogP contribution is -2.40. The Morgan fingerprint density at radius 1 is 1.27 bits per heavy atom. The van der Waals surface area contributed by atoms with Crippen LogP contribution in [0.5, 0.6) is 0 Å². The Hall–Kier alpha value is -1.17. The summed E-state index contributed by atoms with van der Waals surface area (Å²) < 4.78 is 0. The van der Waals surface area contributed by atoms with Gasteiger partial charge in [-0.2, -0.15) is 16.4 Å². The minimum atomic E-state index is 0.789. The lowest BCUT2D eigenvalue weighted by molar-refractivity contribution is 0.157. The van der Waals surface area contributed by atoms with E-state index in [4.69, 9.17) is 0 Å². The van der Waals surface area contributed by atoms with E-state index >= 15 is 0 Å². The molecular weight excluding hydrogens is 292 g/mol. The van der Waals surface area contributed by atoms with E-state index in [1.807, 2.05) is 6.20 Å². The Balaban J connectivity index is 1.36. The molecule has 2 aromatic heterocycles. The molecule has 0 saturated carbocycles. The molecule has 0 aromatic carbocycles. The van der Waals surface area contributed by atoms with Crippen LogP contribution in [0.15, 0.2) is 23.0 Å². The van der Waals surface area contributed by atoms with Gasteiger partial charge in [-0.15, -0.1) is 0 Å². The van der Waals surface area contributed by atoms with Gasteiger partial charge in [-0.25, -0.2) is 0 Å². The molecule has 2 aromatic rings. The highest BCUT2D eigenvalue weighted by molar-refractivity contribution is 7.08. The molecule has 0 amide bonds. The first kappa shape index (κ1) is 14.4. The molecule has 0 aliphatic carbocycles. The van der Waals surface area contributed by atoms with Gasteiger partial charge in [0.15, 0.2) is 0 Å². The molecule has 1 atom stereocenters. The van der Waals surface area contributed by atoms with Gasteiger partial charge < -0.3 is 5.32 Å². The van der Waals surface area contributed by atoms with E-state index in [0.29, 0.717) is 0 Å². The highest BCUT2D eigenvalue weighted by atomic mass is 32.1. The number of hydrogen-bond acceptors (Lipinski definition) is 4. The lowest BCUT2D eigenvalue weighted by Gasteiger charge is -2.34. The third-order valence-electron chi connectivity index (χ3n) is 5.22. The molecule has 2 fully saturated rings. The molecule has 2 aliphatic heterocycles.